The lowest BCUT2D eigenvalue weighted by Crippen LogP contribution is -2.52. The molecule has 0 saturated heterocycles. The van der Waals surface area contributed by atoms with E-state index in [4.69, 9.17) is 11.6 Å². The Labute approximate surface area is 144 Å². The van der Waals surface area contributed by atoms with Gasteiger partial charge in [-0.1, -0.05) is 0 Å². The van der Waals surface area contributed by atoms with Crippen LogP contribution < -0.4 is 15.5 Å². The minimum atomic E-state index is -4.67. The lowest BCUT2D eigenvalue weighted by Gasteiger charge is -2.25. The van der Waals surface area contributed by atoms with Crippen LogP contribution in [0.2, 0.25) is 0 Å². The number of ketones is 1. The zero-order valence-electron chi connectivity index (χ0n) is 12.9. The van der Waals surface area contributed by atoms with Crippen molar-refractivity contribution in [1.82, 2.24) is 10.6 Å². The fraction of sp³-hybridized carbons (Fsp3) is 0.286. The van der Waals surface area contributed by atoms with Crippen molar-refractivity contribution in [1.29, 1.82) is 0 Å². The number of Topliss-reactive ketones (excluding diaryl/α,β-unsaturated/α-hetero) is 1. The molecule has 2 unspecified atom stereocenters. The van der Waals surface area contributed by atoms with Gasteiger partial charge < -0.3 is 15.5 Å². The zero-order valence-corrected chi connectivity index (χ0v) is 14.4. The van der Waals surface area contributed by atoms with Crippen LogP contribution in [0.4, 0.5) is 10.5 Å². The van der Waals surface area contributed by atoms with E-state index in [1.54, 1.807) is 24.3 Å². The topological polar surface area (TPSA) is 116 Å². The molecule has 3 N–H and O–H groups in total. The van der Waals surface area contributed by atoms with Crippen LogP contribution in [-0.2, 0) is 10.1 Å². The lowest BCUT2D eigenvalue weighted by molar-refractivity contribution is 0.0994. The second-order valence-electron chi connectivity index (χ2n) is 5.33. The molecule has 2 amide bonds. The number of carbonyl (C=O) groups is 2. The normalized spacial score (nSPS) is 18.9. The number of benzene rings is 1. The molecule has 2 atom stereocenters. The van der Waals surface area contributed by atoms with Crippen LogP contribution in [0, 0.1) is 0 Å². The molecule has 1 aliphatic heterocycles. The first-order chi connectivity index (χ1) is 11.1. The number of nitrogens with zero attached hydrogens (tertiary/aromatic N) is 1. The van der Waals surface area contributed by atoms with Gasteiger partial charge in [0.05, 0.1) is 0 Å². The second-order valence-corrected chi connectivity index (χ2v) is 7.26. The van der Waals surface area contributed by atoms with E-state index < -0.39 is 32.7 Å². The molecule has 1 aromatic carbocycles. The molecule has 1 aromatic rings. The standard InChI is InChI=1S/C14H16ClN3O5S/c1-18(2)9-5-3-8(4-6-9)12(19)11(15)10-7-16-14(20)17-13(10)24(21,22)23/h3-7,11,13H,1-2H3,(H2,16,17,20)(H,21,22,23). The van der Waals surface area contributed by atoms with Gasteiger partial charge in [-0.2, -0.15) is 8.42 Å². The van der Waals surface area contributed by atoms with Crippen molar-refractivity contribution < 1.29 is 22.6 Å². The molecule has 0 spiro atoms. The van der Waals surface area contributed by atoms with Crippen molar-refractivity contribution in [3.8, 4) is 0 Å². The van der Waals surface area contributed by atoms with Crippen molar-refractivity contribution in [3.05, 3.63) is 41.6 Å². The Balaban J connectivity index is 2.30. The highest BCUT2D eigenvalue weighted by molar-refractivity contribution is 7.86. The number of nitrogens with one attached hydrogen (secondary N) is 2. The summed E-state index contributed by atoms with van der Waals surface area (Å²) < 4.78 is 32.1. The highest BCUT2D eigenvalue weighted by Gasteiger charge is 2.38. The number of hydrogen-bond donors (Lipinski definition) is 3. The molecule has 0 aliphatic carbocycles. The summed E-state index contributed by atoms with van der Waals surface area (Å²) in [5.41, 5.74) is 0.979. The van der Waals surface area contributed by atoms with Gasteiger partial charge in [0, 0.05) is 37.1 Å². The van der Waals surface area contributed by atoms with Crippen LogP contribution >= 0.6 is 11.6 Å². The highest BCUT2D eigenvalue weighted by atomic mass is 35.5. The first-order valence-corrected chi connectivity index (χ1v) is 8.74. The van der Waals surface area contributed by atoms with Crippen LogP contribution in [0.5, 0.6) is 0 Å². The van der Waals surface area contributed by atoms with Gasteiger partial charge in [-0.15, -0.1) is 11.6 Å². The number of rotatable bonds is 5. The maximum absolute atomic E-state index is 12.5. The van der Waals surface area contributed by atoms with E-state index in [0.29, 0.717) is 0 Å². The Morgan fingerprint density at radius 3 is 2.38 bits per heavy atom. The number of anilines is 1. The zero-order chi connectivity index (χ0) is 18.1. The Bertz CT molecular complexity index is 789. The quantitative estimate of drug-likeness (QED) is 0.402. The molecule has 1 heterocycles. The molecule has 0 saturated carbocycles. The maximum atomic E-state index is 12.5. The van der Waals surface area contributed by atoms with Gasteiger partial charge in [-0.3, -0.25) is 9.35 Å². The monoisotopic (exact) mass is 373 g/mol. The number of halogens is 1. The van der Waals surface area contributed by atoms with Crippen LogP contribution in [-0.4, -0.2) is 49.6 Å². The van der Waals surface area contributed by atoms with Crippen molar-refractivity contribution in [3.63, 3.8) is 0 Å². The summed E-state index contributed by atoms with van der Waals surface area (Å²) in [7, 11) is -0.978. The van der Waals surface area contributed by atoms with E-state index >= 15 is 0 Å². The summed E-state index contributed by atoms with van der Waals surface area (Å²) in [5, 5.41) is 1.07. The number of urea groups is 1. The van der Waals surface area contributed by atoms with E-state index in [-0.39, 0.29) is 11.1 Å². The molecule has 130 valence electrons. The smallest absolute Gasteiger partial charge is 0.320 e. The van der Waals surface area contributed by atoms with E-state index in [1.165, 1.54) is 0 Å². The fourth-order valence-electron chi connectivity index (χ4n) is 2.14. The Hall–Kier alpha value is -2.10. The molecule has 1 aliphatic rings. The Morgan fingerprint density at radius 1 is 1.29 bits per heavy atom. The number of alkyl halides is 1. The van der Waals surface area contributed by atoms with Crippen molar-refractivity contribution in [2.24, 2.45) is 0 Å². The SMILES string of the molecule is CN(C)c1ccc(C(=O)C(Cl)C2=CNC(=O)NC2S(=O)(=O)O)cc1. The molecule has 24 heavy (non-hydrogen) atoms. The second kappa shape index (κ2) is 6.80. The molecule has 0 bridgehead atoms. The van der Waals surface area contributed by atoms with Gasteiger partial charge in [0.1, 0.15) is 5.38 Å². The predicted molar refractivity (Wildman–Crippen MR) is 89.8 cm³/mol. The largest absolute Gasteiger partial charge is 0.378 e. The first-order valence-electron chi connectivity index (χ1n) is 6.80. The molecule has 0 aromatic heterocycles. The van der Waals surface area contributed by atoms with Gasteiger partial charge in [0.25, 0.3) is 10.1 Å². The molecule has 10 heteroatoms. The van der Waals surface area contributed by atoms with Gasteiger partial charge in [0.2, 0.25) is 0 Å². The number of carbonyl (C=O) groups excluding carboxylic acids is 2. The highest BCUT2D eigenvalue weighted by Crippen LogP contribution is 2.24. The van der Waals surface area contributed by atoms with Crippen molar-refractivity contribution >= 4 is 39.2 Å². The van der Waals surface area contributed by atoms with E-state index in [0.717, 1.165) is 11.9 Å². The Morgan fingerprint density at radius 2 is 1.88 bits per heavy atom. The van der Waals surface area contributed by atoms with Crippen LogP contribution in [0.3, 0.4) is 0 Å². The Kier molecular flexibility index (Phi) is 5.16. The van der Waals surface area contributed by atoms with Crippen LogP contribution in [0.25, 0.3) is 0 Å². The summed E-state index contributed by atoms with van der Waals surface area (Å²) >= 11 is 6.10. The third-order valence-electron chi connectivity index (χ3n) is 3.42. The van der Waals surface area contributed by atoms with Crippen LogP contribution in [0.15, 0.2) is 36.0 Å². The summed E-state index contributed by atoms with van der Waals surface area (Å²) in [6.45, 7) is 0. The van der Waals surface area contributed by atoms with Gasteiger partial charge in [-0.05, 0) is 24.3 Å². The molecule has 2 rings (SSSR count). The average Bonchev–Trinajstić information content (AvgIpc) is 2.52. The third-order valence-corrected chi connectivity index (χ3v) is 4.86. The molecular formula is C14H16ClN3O5S. The molecule has 8 nitrogen and oxygen atoms in total. The van der Waals surface area contributed by atoms with E-state index in [1.807, 2.05) is 24.3 Å². The number of hydrogen-bond acceptors (Lipinski definition) is 5. The minimum Gasteiger partial charge on any atom is -0.378 e. The summed E-state index contributed by atoms with van der Waals surface area (Å²) in [5.74, 6) is -0.556. The van der Waals surface area contributed by atoms with E-state index in [9.17, 15) is 22.6 Å². The summed E-state index contributed by atoms with van der Waals surface area (Å²) in [4.78, 5) is 25.6. The summed E-state index contributed by atoms with van der Waals surface area (Å²) in [6.07, 6.45) is 1.01. The van der Waals surface area contributed by atoms with E-state index in [2.05, 4.69) is 5.32 Å². The molecule has 0 fully saturated rings. The van der Waals surface area contributed by atoms with Gasteiger partial charge >= 0.3 is 6.03 Å². The minimum absolute atomic E-state index is 0.166. The predicted octanol–water partition coefficient (Wildman–Crippen LogP) is 0.953. The average molecular weight is 374 g/mol. The van der Waals surface area contributed by atoms with Crippen LogP contribution in [0.1, 0.15) is 10.4 Å². The number of amides is 2. The maximum Gasteiger partial charge on any atom is 0.320 e. The van der Waals surface area contributed by atoms with Gasteiger partial charge in [0.15, 0.2) is 11.2 Å². The summed E-state index contributed by atoms with van der Waals surface area (Å²) in [6, 6.07) is 5.72. The molecule has 0 radical (unpaired) electrons. The molecular weight excluding hydrogens is 358 g/mol. The van der Waals surface area contributed by atoms with Crippen molar-refractivity contribution in [2.75, 3.05) is 19.0 Å². The third kappa shape index (κ3) is 3.86. The van der Waals surface area contributed by atoms with Gasteiger partial charge in [-0.25, -0.2) is 4.79 Å². The van der Waals surface area contributed by atoms with Crippen molar-refractivity contribution in [2.45, 2.75) is 10.8 Å². The first kappa shape index (κ1) is 18.2. The lowest BCUT2D eigenvalue weighted by atomic mass is 10.0. The fourth-order valence-corrected chi connectivity index (χ4v) is 3.34.